The fourth-order valence-corrected chi connectivity index (χ4v) is 1.98. The summed E-state index contributed by atoms with van der Waals surface area (Å²) in [4.78, 5) is 0. The lowest BCUT2D eigenvalue weighted by atomic mass is 10.2. The Balaban J connectivity index is 2.13. The van der Waals surface area contributed by atoms with Gasteiger partial charge in [0, 0.05) is 17.3 Å². The average Bonchev–Trinajstić information content (AvgIpc) is 2.43. The molecule has 2 aromatic rings. The third-order valence-corrected chi connectivity index (χ3v) is 3.31. The molecule has 0 unspecified atom stereocenters. The molecule has 0 aliphatic heterocycles. The Morgan fingerprint density at radius 1 is 1.15 bits per heavy atom. The van der Waals surface area contributed by atoms with Crippen LogP contribution >= 0.6 is 15.9 Å². The molecule has 0 fully saturated rings. The first kappa shape index (κ1) is 14.7. The van der Waals surface area contributed by atoms with Gasteiger partial charge in [0.25, 0.3) is 0 Å². The molecule has 0 radical (unpaired) electrons. The van der Waals surface area contributed by atoms with Crippen molar-refractivity contribution in [2.24, 2.45) is 0 Å². The molecule has 0 aliphatic carbocycles. The molecule has 2 rings (SSSR count). The van der Waals surface area contributed by atoms with Crippen molar-refractivity contribution in [2.75, 3.05) is 12.3 Å². The molecule has 0 heterocycles. The number of ether oxygens (including phenoxy) is 2. The minimum Gasteiger partial charge on any atom is -0.493 e. The standard InChI is InChI=1S/C15H15BrFNO2/c1-2-19-15-6-3-11(18)7-10(15)9-20-12-4-5-13(16)14(17)8-12/h3-8H,2,9,18H2,1H3. The van der Waals surface area contributed by atoms with E-state index in [2.05, 4.69) is 15.9 Å². The molecular formula is C15H15BrFNO2. The van der Waals surface area contributed by atoms with Crippen LogP contribution in [-0.2, 0) is 6.61 Å². The van der Waals surface area contributed by atoms with Crippen LogP contribution in [0.25, 0.3) is 0 Å². The van der Waals surface area contributed by atoms with Crippen LogP contribution in [0.4, 0.5) is 10.1 Å². The van der Waals surface area contributed by atoms with E-state index >= 15 is 0 Å². The minimum atomic E-state index is -0.361. The van der Waals surface area contributed by atoms with Gasteiger partial charge in [0.05, 0.1) is 11.1 Å². The summed E-state index contributed by atoms with van der Waals surface area (Å²) < 4.78 is 24.9. The van der Waals surface area contributed by atoms with Crippen molar-refractivity contribution < 1.29 is 13.9 Å². The van der Waals surface area contributed by atoms with E-state index in [1.54, 1.807) is 30.3 Å². The summed E-state index contributed by atoms with van der Waals surface area (Å²) in [5.41, 5.74) is 7.22. The van der Waals surface area contributed by atoms with E-state index in [0.29, 0.717) is 22.5 Å². The number of hydrogen-bond acceptors (Lipinski definition) is 3. The van der Waals surface area contributed by atoms with Gasteiger partial charge in [0.15, 0.2) is 0 Å². The highest BCUT2D eigenvalue weighted by Crippen LogP contribution is 2.25. The van der Waals surface area contributed by atoms with Crippen LogP contribution in [0.15, 0.2) is 40.9 Å². The smallest absolute Gasteiger partial charge is 0.141 e. The number of nitrogen functional groups attached to an aromatic ring is 1. The molecule has 20 heavy (non-hydrogen) atoms. The lowest BCUT2D eigenvalue weighted by Gasteiger charge is -2.12. The summed E-state index contributed by atoms with van der Waals surface area (Å²) in [5.74, 6) is 0.815. The molecule has 0 saturated carbocycles. The van der Waals surface area contributed by atoms with Crippen LogP contribution in [0, 0.1) is 5.82 Å². The Bertz CT molecular complexity index is 604. The number of hydrogen-bond donors (Lipinski definition) is 1. The molecule has 5 heteroatoms. The number of nitrogens with two attached hydrogens (primary N) is 1. The van der Waals surface area contributed by atoms with Crippen molar-refractivity contribution in [2.45, 2.75) is 13.5 Å². The van der Waals surface area contributed by atoms with Crippen LogP contribution in [-0.4, -0.2) is 6.61 Å². The van der Waals surface area contributed by atoms with Gasteiger partial charge in [-0.25, -0.2) is 4.39 Å². The van der Waals surface area contributed by atoms with Gasteiger partial charge in [-0.3, -0.25) is 0 Å². The first-order chi connectivity index (χ1) is 9.60. The van der Waals surface area contributed by atoms with Crippen molar-refractivity contribution in [1.29, 1.82) is 0 Å². The minimum absolute atomic E-state index is 0.265. The largest absolute Gasteiger partial charge is 0.493 e. The van der Waals surface area contributed by atoms with E-state index in [0.717, 1.165) is 11.3 Å². The van der Waals surface area contributed by atoms with Crippen molar-refractivity contribution in [1.82, 2.24) is 0 Å². The molecule has 0 amide bonds. The highest BCUT2D eigenvalue weighted by Gasteiger charge is 2.07. The van der Waals surface area contributed by atoms with Crippen LogP contribution < -0.4 is 15.2 Å². The second-order valence-corrected chi connectivity index (χ2v) is 5.02. The second kappa shape index (κ2) is 6.61. The maximum atomic E-state index is 13.4. The van der Waals surface area contributed by atoms with Gasteiger partial charge >= 0.3 is 0 Å². The van der Waals surface area contributed by atoms with E-state index in [1.807, 2.05) is 6.92 Å². The van der Waals surface area contributed by atoms with Gasteiger partial charge in [0.1, 0.15) is 23.9 Å². The molecule has 2 N–H and O–H groups in total. The van der Waals surface area contributed by atoms with Crippen molar-refractivity contribution in [3.63, 3.8) is 0 Å². The maximum absolute atomic E-state index is 13.4. The summed E-state index contributed by atoms with van der Waals surface area (Å²) in [7, 11) is 0. The normalized spacial score (nSPS) is 10.3. The molecule has 0 bridgehead atoms. The fourth-order valence-electron chi connectivity index (χ4n) is 1.74. The third-order valence-electron chi connectivity index (χ3n) is 2.67. The molecule has 0 atom stereocenters. The van der Waals surface area contributed by atoms with Gasteiger partial charge in [-0.1, -0.05) is 0 Å². The number of halogens is 2. The van der Waals surface area contributed by atoms with E-state index in [4.69, 9.17) is 15.2 Å². The van der Waals surface area contributed by atoms with Crippen molar-refractivity contribution >= 4 is 21.6 Å². The molecule has 3 nitrogen and oxygen atoms in total. The topological polar surface area (TPSA) is 44.5 Å². The average molecular weight is 340 g/mol. The Kier molecular flexibility index (Phi) is 4.84. The van der Waals surface area contributed by atoms with Gasteiger partial charge in [0.2, 0.25) is 0 Å². The monoisotopic (exact) mass is 339 g/mol. The quantitative estimate of drug-likeness (QED) is 0.832. The van der Waals surface area contributed by atoms with Gasteiger partial charge in [-0.05, 0) is 53.2 Å². The first-order valence-electron chi connectivity index (χ1n) is 6.19. The maximum Gasteiger partial charge on any atom is 0.141 e. The summed E-state index contributed by atoms with van der Waals surface area (Å²) in [5, 5.41) is 0. The molecular weight excluding hydrogens is 325 g/mol. The predicted octanol–water partition coefficient (Wildman–Crippen LogP) is 4.15. The lowest BCUT2D eigenvalue weighted by Crippen LogP contribution is -2.02. The highest BCUT2D eigenvalue weighted by atomic mass is 79.9. The zero-order valence-corrected chi connectivity index (χ0v) is 12.6. The zero-order chi connectivity index (χ0) is 14.5. The Morgan fingerprint density at radius 2 is 1.95 bits per heavy atom. The molecule has 0 spiro atoms. The van der Waals surface area contributed by atoms with E-state index in [-0.39, 0.29) is 12.4 Å². The lowest BCUT2D eigenvalue weighted by molar-refractivity contribution is 0.285. The summed E-state index contributed by atoms with van der Waals surface area (Å²) in [6.07, 6.45) is 0. The second-order valence-electron chi connectivity index (χ2n) is 4.16. The van der Waals surface area contributed by atoms with Crippen LogP contribution in [0.5, 0.6) is 11.5 Å². The predicted molar refractivity (Wildman–Crippen MR) is 80.5 cm³/mol. The molecule has 106 valence electrons. The SMILES string of the molecule is CCOc1ccc(N)cc1COc1ccc(Br)c(F)c1. The van der Waals surface area contributed by atoms with E-state index in [1.165, 1.54) is 6.07 Å². The number of rotatable bonds is 5. The third kappa shape index (κ3) is 3.63. The Hall–Kier alpha value is -1.75. The number of benzene rings is 2. The zero-order valence-electron chi connectivity index (χ0n) is 11.0. The summed E-state index contributed by atoms with van der Waals surface area (Å²) in [6.45, 7) is 2.73. The highest BCUT2D eigenvalue weighted by molar-refractivity contribution is 9.10. The van der Waals surface area contributed by atoms with Crippen molar-refractivity contribution in [3.05, 3.63) is 52.3 Å². The van der Waals surface area contributed by atoms with E-state index < -0.39 is 0 Å². The van der Waals surface area contributed by atoms with E-state index in [9.17, 15) is 4.39 Å². The molecule has 0 aromatic heterocycles. The summed E-state index contributed by atoms with van der Waals surface area (Å²) >= 11 is 3.10. The van der Waals surface area contributed by atoms with Crippen molar-refractivity contribution in [3.8, 4) is 11.5 Å². The molecule has 2 aromatic carbocycles. The van der Waals surface area contributed by atoms with Crippen LogP contribution in [0.3, 0.4) is 0 Å². The molecule has 0 aliphatic rings. The fraction of sp³-hybridized carbons (Fsp3) is 0.200. The Morgan fingerprint density at radius 3 is 2.65 bits per heavy atom. The van der Waals surface area contributed by atoms with Gasteiger partial charge < -0.3 is 15.2 Å². The number of anilines is 1. The van der Waals surface area contributed by atoms with Crippen LogP contribution in [0.2, 0.25) is 0 Å². The Labute approximate surface area is 125 Å². The molecule has 0 saturated heterocycles. The van der Waals surface area contributed by atoms with Gasteiger partial charge in [-0.2, -0.15) is 0 Å². The summed E-state index contributed by atoms with van der Waals surface area (Å²) in [6, 6.07) is 10.00. The van der Waals surface area contributed by atoms with Gasteiger partial charge in [-0.15, -0.1) is 0 Å². The van der Waals surface area contributed by atoms with Crippen LogP contribution in [0.1, 0.15) is 12.5 Å². The first-order valence-corrected chi connectivity index (χ1v) is 6.98.